The lowest BCUT2D eigenvalue weighted by atomic mass is 9.69. The third-order valence-corrected chi connectivity index (χ3v) is 5.73. The fourth-order valence-corrected chi connectivity index (χ4v) is 4.10. The van der Waals surface area contributed by atoms with E-state index in [-0.39, 0.29) is 16.4 Å². The van der Waals surface area contributed by atoms with Crippen LogP contribution in [0.3, 0.4) is 0 Å². The van der Waals surface area contributed by atoms with Gasteiger partial charge in [-0.15, -0.1) is 13.2 Å². The molecule has 0 aliphatic heterocycles. The maximum atomic E-state index is 13.5. The van der Waals surface area contributed by atoms with Crippen molar-refractivity contribution in [2.24, 2.45) is 5.92 Å². The van der Waals surface area contributed by atoms with E-state index in [1.807, 2.05) is 0 Å². The molecule has 27 heavy (non-hydrogen) atoms. The van der Waals surface area contributed by atoms with Crippen LogP contribution >= 0.6 is 11.9 Å². The quantitative estimate of drug-likeness (QED) is 0.304. The van der Waals surface area contributed by atoms with Crippen LogP contribution in [0.2, 0.25) is 0 Å². The molecular formula is C19H17F6NS. The first kappa shape index (κ1) is 19.9. The summed E-state index contributed by atoms with van der Waals surface area (Å²) in [6, 6.07) is 11.9. The first-order valence-electron chi connectivity index (χ1n) is 8.34. The summed E-state index contributed by atoms with van der Waals surface area (Å²) in [6.07, 6.45) is -8.46. The monoisotopic (exact) mass is 405 g/mol. The van der Waals surface area contributed by atoms with Crippen LogP contribution in [0.1, 0.15) is 29.9 Å². The second-order valence-electron chi connectivity index (χ2n) is 6.59. The largest absolute Gasteiger partial charge is 0.495 e. The first-order valence-corrected chi connectivity index (χ1v) is 9.11. The number of anilines is 1. The minimum absolute atomic E-state index is 0.0633. The summed E-state index contributed by atoms with van der Waals surface area (Å²) in [5.41, 5.74) is 1.14. The highest BCUT2D eigenvalue weighted by Gasteiger charge is 2.50. The predicted octanol–water partition coefficient (Wildman–Crippen LogP) is 7.08. The molecule has 0 amide bonds. The summed E-state index contributed by atoms with van der Waals surface area (Å²) in [4.78, 5) is 0.424. The van der Waals surface area contributed by atoms with Crippen molar-refractivity contribution in [3.05, 3.63) is 59.7 Å². The molecule has 1 aliphatic carbocycles. The van der Waals surface area contributed by atoms with E-state index < -0.39 is 24.3 Å². The molecule has 0 heterocycles. The average molecular weight is 405 g/mol. The Morgan fingerprint density at radius 1 is 0.926 bits per heavy atom. The van der Waals surface area contributed by atoms with Gasteiger partial charge in [0.05, 0.1) is 11.6 Å². The van der Waals surface area contributed by atoms with Gasteiger partial charge in [-0.1, -0.05) is 24.3 Å². The number of aryl methyl sites for hydroxylation is 1. The van der Waals surface area contributed by atoms with Crippen molar-refractivity contribution in [3.63, 3.8) is 0 Å². The van der Waals surface area contributed by atoms with Crippen molar-refractivity contribution in [1.82, 2.24) is 0 Å². The molecule has 146 valence electrons. The summed E-state index contributed by atoms with van der Waals surface area (Å²) in [7, 11) is 0. The van der Waals surface area contributed by atoms with Gasteiger partial charge in [0, 0.05) is 4.90 Å². The molecule has 2 aromatic rings. The normalized spacial score (nSPS) is 20.3. The molecule has 0 bridgehead atoms. The van der Waals surface area contributed by atoms with Crippen molar-refractivity contribution < 1.29 is 26.3 Å². The van der Waals surface area contributed by atoms with E-state index in [2.05, 4.69) is 0 Å². The Kier molecular flexibility index (Phi) is 5.38. The highest BCUT2D eigenvalue weighted by molar-refractivity contribution is 8.00. The van der Waals surface area contributed by atoms with Crippen LogP contribution in [0, 0.1) is 12.8 Å². The molecule has 0 N–H and O–H groups in total. The molecule has 8 heteroatoms. The average Bonchev–Trinajstić information content (AvgIpc) is 2.50. The van der Waals surface area contributed by atoms with E-state index in [0.717, 1.165) is 5.56 Å². The Labute approximate surface area is 157 Å². The third kappa shape index (κ3) is 4.54. The van der Waals surface area contributed by atoms with Crippen molar-refractivity contribution in [2.45, 2.75) is 43.1 Å². The number of rotatable bonds is 4. The van der Waals surface area contributed by atoms with E-state index in [1.54, 1.807) is 31.2 Å². The minimum Gasteiger partial charge on any atom is -0.221 e. The number of halogens is 6. The van der Waals surface area contributed by atoms with Crippen molar-refractivity contribution in [3.8, 4) is 0 Å². The van der Waals surface area contributed by atoms with E-state index in [0.29, 0.717) is 28.8 Å². The van der Waals surface area contributed by atoms with Crippen LogP contribution in [0.25, 0.3) is 0 Å². The highest BCUT2D eigenvalue weighted by Crippen LogP contribution is 2.51. The lowest BCUT2D eigenvalue weighted by molar-refractivity contribution is -0.200. The predicted molar refractivity (Wildman–Crippen MR) is 93.5 cm³/mol. The van der Waals surface area contributed by atoms with Gasteiger partial charge in [0.15, 0.2) is 0 Å². The van der Waals surface area contributed by atoms with Crippen LogP contribution in [-0.4, -0.2) is 12.5 Å². The van der Waals surface area contributed by atoms with E-state index in [1.165, 1.54) is 24.3 Å². The van der Waals surface area contributed by atoms with Crippen molar-refractivity contribution >= 4 is 17.6 Å². The van der Waals surface area contributed by atoms with Gasteiger partial charge in [0.2, 0.25) is 0 Å². The second kappa shape index (κ2) is 7.30. The SMILES string of the molecule is Cc1cccc(SN(c2ccc(C3CCC3C(F)(F)F)cc2)C(F)(F)F)c1. The molecule has 2 atom stereocenters. The standard InChI is InChI=1S/C19H17F6NS/c1-12-3-2-4-15(11-12)27-26(19(23,24)25)14-7-5-13(6-8-14)16-9-10-17(16)18(20,21)22/h2-8,11,16-17H,9-10H2,1H3. The topological polar surface area (TPSA) is 3.24 Å². The summed E-state index contributed by atoms with van der Waals surface area (Å²) < 4.78 is 79.5. The van der Waals surface area contributed by atoms with Gasteiger partial charge in [-0.05, 0) is 73.0 Å². The van der Waals surface area contributed by atoms with Crippen LogP contribution in [0.5, 0.6) is 0 Å². The first-order chi connectivity index (χ1) is 12.6. The zero-order valence-corrected chi connectivity index (χ0v) is 15.1. The number of alkyl halides is 6. The lowest BCUT2D eigenvalue weighted by Crippen LogP contribution is -2.36. The molecule has 0 aromatic heterocycles. The van der Waals surface area contributed by atoms with Gasteiger partial charge in [0.25, 0.3) is 0 Å². The Morgan fingerprint density at radius 3 is 2.07 bits per heavy atom. The molecule has 1 fully saturated rings. The van der Waals surface area contributed by atoms with Crippen molar-refractivity contribution in [1.29, 1.82) is 0 Å². The molecule has 1 aliphatic rings. The zero-order valence-electron chi connectivity index (χ0n) is 14.3. The number of benzene rings is 2. The molecule has 3 rings (SSSR count). The van der Waals surface area contributed by atoms with Gasteiger partial charge < -0.3 is 0 Å². The van der Waals surface area contributed by atoms with Gasteiger partial charge in [-0.3, -0.25) is 0 Å². The lowest BCUT2D eigenvalue weighted by Gasteiger charge is -2.38. The fourth-order valence-electron chi connectivity index (χ4n) is 3.18. The van der Waals surface area contributed by atoms with Gasteiger partial charge in [-0.2, -0.15) is 13.2 Å². The van der Waals surface area contributed by atoms with E-state index in [9.17, 15) is 26.3 Å². The van der Waals surface area contributed by atoms with Gasteiger partial charge in [-0.25, -0.2) is 4.31 Å². The summed E-state index contributed by atoms with van der Waals surface area (Å²) >= 11 is 0.530. The molecule has 2 unspecified atom stereocenters. The molecule has 0 radical (unpaired) electrons. The van der Waals surface area contributed by atoms with Gasteiger partial charge in [0.1, 0.15) is 0 Å². The Morgan fingerprint density at radius 2 is 1.59 bits per heavy atom. The summed E-state index contributed by atoms with van der Waals surface area (Å²) in [5, 5.41) is 0. The van der Waals surface area contributed by atoms with Crippen LogP contribution < -0.4 is 4.31 Å². The smallest absolute Gasteiger partial charge is 0.221 e. The van der Waals surface area contributed by atoms with Crippen LogP contribution in [-0.2, 0) is 0 Å². The molecule has 1 nitrogen and oxygen atoms in total. The fraction of sp³-hybridized carbons (Fsp3) is 0.368. The molecular weight excluding hydrogens is 388 g/mol. The van der Waals surface area contributed by atoms with E-state index in [4.69, 9.17) is 0 Å². The molecule has 0 saturated heterocycles. The maximum Gasteiger partial charge on any atom is 0.495 e. The molecule has 0 spiro atoms. The van der Waals surface area contributed by atoms with E-state index >= 15 is 0 Å². The summed E-state index contributed by atoms with van der Waals surface area (Å²) in [6.45, 7) is 1.78. The third-order valence-electron chi connectivity index (χ3n) is 4.67. The van der Waals surface area contributed by atoms with Gasteiger partial charge >= 0.3 is 12.5 Å². The number of nitrogens with zero attached hydrogens (tertiary/aromatic N) is 1. The minimum atomic E-state index is -4.64. The zero-order chi connectivity index (χ0) is 19.8. The van der Waals surface area contributed by atoms with Crippen LogP contribution in [0.4, 0.5) is 32.0 Å². The number of hydrogen-bond acceptors (Lipinski definition) is 2. The summed E-state index contributed by atoms with van der Waals surface area (Å²) in [5.74, 6) is -2.09. The second-order valence-corrected chi connectivity index (χ2v) is 7.61. The van der Waals surface area contributed by atoms with Crippen LogP contribution in [0.15, 0.2) is 53.4 Å². The molecule has 2 aromatic carbocycles. The maximum absolute atomic E-state index is 13.5. The highest BCUT2D eigenvalue weighted by atomic mass is 32.2. The van der Waals surface area contributed by atoms with Crippen molar-refractivity contribution in [2.75, 3.05) is 4.31 Å². The Balaban J connectivity index is 1.82. The molecule has 1 saturated carbocycles. The number of hydrogen-bond donors (Lipinski definition) is 0. The Hall–Kier alpha value is -1.83. The Bertz CT molecular complexity index is 784.